The summed E-state index contributed by atoms with van der Waals surface area (Å²) in [5.41, 5.74) is 0. The summed E-state index contributed by atoms with van der Waals surface area (Å²) in [6.45, 7) is 0.383. The molecule has 0 aromatic carbocycles. The number of rotatable bonds is 15. The van der Waals surface area contributed by atoms with Gasteiger partial charge in [-0.05, 0) is 32.1 Å². The summed E-state index contributed by atoms with van der Waals surface area (Å²) < 4.78 is 5.68. The number of hydrogen-bond donors (Lipinski definition) is 1. The number of carboxylic acid groups (broad SMARTS) is 2. The number of ether oxygens (including phenoxy) is 1. The van der Waals surface area contributed by atoms with Crippen molar-refractivity contribution in [1.82, 2.24) is 0 Å². The molecule has 158 valence electrons. The maximum Gasteiger partial charge on any atom is 0.331 e. The van der Waals surface area contributed by atoms with Gasteiger partial charge in [-0.1, -0.05) is 30.4 Å². The molecule has 0 aromatic rings. The van der Waals surface area contributed by atoms with E-state index in [1.165, 1.54) is 6.08 Å². The highest BCUT2D eigenvalue weighted by Gasteiger charge is 2.21. The molecule has 28 heavy (non-hydrogen) atoms. The van der Waals surface area contributed by atoms with E-state index in [2.05, 4.69) is 0 Å². The lowest BCUT2D eigenvalue weighted by Gasteiger charge is -2.28. The van der Waals surface area contributed by atoms with Crippen molar-refractivity contribution in [2.75, 3.05) is 27.7 Å². The van der Waals surface area contributed by atoms with E-state index in [0.717, 1.165) is 25.7 Å². The summed E-state index contributed by atoms with van der Waals surface area (Å²) in [5.74, 6) is -2.60. The number of hydrogen-bond acceptors (Lipinski definition) is 5. The fourth-order valence-electron chi connectivity index (χ4n) is 2.42. The topological polar surface area (TPSA) is 104 Å². The van der Waals surface area contributed by atoms with Crippen LogP contribution in [0.25, 0.3) is 0 Å². The summed E-state index contributed by atoms with van der Waals surface area (Å²) in [6, 6.07) is 0. The minimum Gasteiger partial charge on any atom is -0.550 e. The predicted molar refractivity (Wildman–Crippen MR) is 105 cm³/mol. The van der Waals surface area contributed by atoms with Gasteiger partial charge in [0, 0.05) is 24.9 Å². The third kappa shape index (κ3) is 18.4. The second kappa shape index (κ2) is 14.6. The Morgan fingerprint density at radius 1 is 1.00 bits per heavy atom. The fourth-order valence-corrected chi connectivity index (χ4v) is 2.42. The third-order valence-corrected chi connectivity index (χ3v) is 3.59. The molecule has 0 bridgehead atoms. The quantitative estimate of drug-likeness (QED) is 0.113. The van der Waals surface area contributed by atoms with Gasteiger partial charge in [-0.3, -0.25) is 4.79 Å². The molecular formula is C21H33NO6. The standard InChI is InChI=1S/C21H33NO6/c1-22(2,3)17-18(16-20(25)26)28-21(27)15-13-11-9-7-5-4-6-8-10-12-14-19(23)24/h8-11,13,15,18H,4-7,12,14,16-17H2,1-3H3,(H-,23,24,25,26)/b10-8+,11-9+,15-13+. The van der Waals surface area contributed by atoms with Crippen LogP contribution in [0.5, 0.6) is 0 Å². The van der Waals surface area contributed by atoms with Crippen LogP contribution in [0.3, 0.4) is 0 Å². The SMILES string of the molecule is C[N+](C)(C)CC(CC(=O)[O-])OC(=O)/C=C/C=C/CCCC/C=C/CCC(=O)O. The normalized spacial score (nSPS) is 13.4. The molecule has 0 amide bonds. The zero-order valence-electron chi connectivity index (χ0n) is 17.1. The maximum atomic E-state index is 11.8. The number of carboxylic acids is 2. The molecule has 0 radical (unpaired) electrons. The zero-order valence-corrected chi connectivity index (χ0v) is 17.1. The smallest absolute Gasteiger partial charge is 0.331 e. The van der Waals surface area contributed by atoms with E-state index < -0.39 is 24.0 Å². The van der Waals surface area contributed by atoms with Gasteiger partial charge in [0.1, 0.15) is 6.54 Å². The third-order valence-electron chi connectivity index (χ3n) is 3.59. The molecule has 7 heteroatoms. The van der Waals surface area contributed by atoms with Crippen LogP contribution in [0.15, 0.2) is 36.5 Å². The van der Waals surface area contributed by atoms with Gasteiger partial charge in [0.2, 0.25) is 0 Å². The Labute approximate surface area is 167 Å². The van der Waals surface area contributed by atoms with Crippen molar-refractivity contribution in [3.63, 3.8) is 0 Å². The monoisotopic (exact) mass is 395 g/mol. The Morgan fingerprint density at radius 2 is 1.61 bits per heavy atom. The van der Waals surface area contributed by atoms with Crippen molar-refractivity contribution >= 4 is 17.9 Å². The molecule has 0 rings (SSSR count). The molecular weight excluding hydrogens is 362 g/mol. The lowest BCUT2D eigenvalue weighted by molar-refractivity contribution is -0.873. The van der Waals surface area contributed by atoms with Crippen LogP contribution < -0.4 is 5.11 Å². The van der Waals surface area contributed by atoms with E-state index in [4.69, 9.17) is 9.84 Å². The van der Waals surface area contributed by atoms with Crippen LogP contribution in [0.4, 0.5) is 0 Å². The number of carbonyl (C=O) groups excluding carboxylic acids is 2. The molecule has 0 spiro atoms. The van der Waals surface area contributed by atoms with E-state index in [9.17, 15) is 19.5 Å². The van der Waals surface area contributed by atoms with Crippen LogP contribution >= 0.6 is 0 Å². The Balaban J connectivity index is 4.04. The number of likely N-dealkylation sites (N-methyl/N-ethyl adjacent to an activating group) is 1. The molecule has 1 unspecified atom stereocenters. The van der Waals surface area contributed by atoms with Crippen molar-refractivity contribution < 1.29 is 33.8 Å². The van der Waals surface area contributed by atoms with Crippen molar-refractivity contribution in [2.45, 2.75) is 51.0 Å². The van der Waals surface area contributed by atoms with Crippen molar-refractivity contribution in [2.24, 2.45) is 0 Å². The summed E-state index contributed by atoms with van der Waals surface area (Å²) in [6.07, 6.45) is 13.9. The van der Waals surface area contributed by atoms with Gasteiger partial charge >= 0.3 is 11.9 Å². The Morgan fingerprint density at radius 3 is 2.18 bits per heavy atom. The molecule has 7 nitrogen and oxygen atoms in total. The second-order valence-corrected chi connectivity index (χ2v) is 7.58. The molecule has 0 saturated heterocycles. The first kappa shape index (κ1) is 25.6. The Kier molecular flexibility index (Phi) is 13.4. The van der Waals surface area contributed by atoms with E-state index >= 15 is 0 Å². The van der Waals surface area contributed by atoms with Gasteiger partial charge in [-0.15, -0.1) is 0 Å². The van der Waals surface area contributed by atoms with E-state index in [-0.39, 0.29) is 12.8 Å². The molecule has 1 atom stereocenters. The van der Waals surface area contributed by atoms with E-state index in [1.54, 1.807) is 12.2 Å². The highest BCUT2D eigenvalue weighted by Crippen LogP contribution is 2.06. The van der Waals surface area contributed by atoms with E-state index in [1.807, 2.05) is 39.4 Å². The molecule has 1 N–H and O–H groups in total. The highest BCUT2D eigenvalue weighted by molar-refractivity contribution is 5.82. The van der Waals surface area contributed by atoms with Gasteiger partial charge < -0.3 is 24.2 Å². The summed E-state index contributed by atoms with van der Waals surface area (Å²) in [7, 11) is 5.67. The van der Waals surface area contributed by atoms with Gasteiger partial charge in [-0.25, -0.2) is 4.79 Å². The number of unbranched alkanes of at least 4 members (excludes halogenated alkanes) is 3. The predicted octanol–water partition coefficient (Wildman–Crippen LogP) is 1.84. The summed E-state index contributed by atoms with van der Waals surface area (Å²) in [4.78, 5) is 33.0. The van der Waals surface area contributed by atoms with Crippen LogP contribution in [-0.2, 0) is 19.1 Å². The first-order chi connectivity index (χ1) is 13.1. The lowest BCUT2D eigenvalue weighted by atomic mass is 10.1. The van der Waals surface area contributed by atoms with Gasteiger partial charge in [0.25, 0.3) is 0 Å². The van der Waals surface area contributed by atoms with Crippen molar-refractivity contribution in [1.29, 1.82) is 0 Å². The molecule has 0 aliphatic rings. The summed E-state index contributed by atoms with van der Waals surface area (Å²) >= 11 is 0. The minimum atomic E-state index is -1.24. The molecule has 0 heterocycles. The number of quaternary nitrogens is 1. The van der Waals surface area contributed by atoms with Crippen molar-refractivity contribution in [3.05, 3.63) is 36.5 Å². The van der Waals surface area contributed by atoms with Gasteiger partial charge in [-0.2, -0.15) is 0 Å². The first-order valence-corrected chi connectivity index (χ1v) is 9.51. The number of esters is 1. The number of aliphatic carboxylic acids is 2. The van der Waals surface area contributed by atoms with E-state index in [0.29, 0.717) is 17.4 Å². The second-order valence-electron chi connectivity index (χ2n) is 7.58. The number of allylic oxidation sites excluding steroid dienone is 5. The largest absolute Gasteiger partial charge is 0.550 e. The Bertz CT molecular complexity index is 572. The molecule has 0 saturated carbocycles. The van der Waals surface area contributed by atoms with Crippen LogP contribution in [0.2, 0.25) is 0 Å². The average molecular weight is 395 g/mol. The zero-order chi connectivity index (χ0) is 21.4. The van der Waals surface area contributed by atoms with Crippen LogP contribution in [0.1, 0.15) is 44.9 Å². The minimum absolute atomic E-state index is 0.164. The molecule has 0 aliphatic carbocycles. The number of nitrogens with zero attached hydrogens (tertiary/aromatic N) is 1. The summed E-state index contributed by atoms with van der Waals surface area (Å²) in [5, 5.41) is 19.3. The van der Waals surface area contributed by atoms with Gasteiger partial charge in [0.15, 0.2) is 6.10 Å². The maximum absolute atomic E-state index is 11.8. The number of carbonyl (C=O) groups is 3. The average Bonchev–Trinajstić information content (AvgIpc) is 2.53. The first-order valence-electron chi connectivity index (χ1n) is 9.51. The lowest BCUT2D eigenvalue weighted by Crippen LogP contribution is -2.45. The highest BCUT2D eigenvalue weighted by atomic mass is 16.5. The molecule has 0 fully saturated rings. The van der Waals surface area contributed by atoms with Crippen molar-refractivity contribution in [3.8, 4) is 0 Å². The Hall–Kier alpha value is -2.41. The van der Waals surface area contributed by atoms with Gasteiger partial charge in [0.05, 0.1) is 21.1 Å². The fraction of sp³-hybridized carbons (Fsp3) is 0.571. The van der Waals surface area contributed by atoms with Crippen LogP contribution in [0, 0.1) is 0 Å². The molecule has 0 aromatic heterocycles. The van der Waals surface area contributed by atoms with Crippen LogP contribution in [-0.4, -0.2) is 61.3 Å². The molecule has 0 aliphatic heterocycles.